The van der Waals surface area contributed by atoms with Gasteiger partial charge in [0, 0.05) is 17.8 Å². The van der Waals surface area contributed by atoms with E-state index >= 15 is 0 Å². The molecule has 9 nitrogen and oxygen atoms in total. The number of likely N-dealkylation sites (N-methyl/N-ethyl adjacent to an activating group) is 1. The van der Waals surface area contributed by atoms with E-state index in [1.807, 2.05) is 26.0 Å². The monoisotopic (exact) mass is 686 g/mol. The molecular formula is C40H66N2O7. The van der Waals surface area contributed by atoms with Gasteiger partial charge in [0.15, 0.2) is 0 Å². The third kappa shape index (κ3) is 6.19. The zero-order valence-corrected chi connectivity index (χ0v) is 32.4. The second-order valence-corrected chi connectivity index (χ2v) is 18.5. The Hall–Kier alpha value is -1.97. The van der Waals surface area contributed by atoms with Gasteiger partial charge in [-0.25, -0.2) is 0 Å². The van der Waals surface area contributed by atoms with Gasteiger partial charge in [-0.2, -0.15) is 0 Å². The molecule has 9 heteroatoms. The Morgan fingerprint density at radius 2 is 1.67 bits per heavy atom. The number of carbonyl (C=O) groups excluding carboxylic acids is 2. The van der Waals surface area contributed by atoms with Crippen molar-refractivity contribution in [2.24, 2.45) is 56.7 Å². The van der Waals surface area contributed by atoms with Gasteiger partial charge >= 0.3 is 17.9 Å². The number of carboxylic acid groups (broad SMARTS) is 1. The molecule has 0 aromatic rings. The number of hydrogen-bond donors (Lipinski definition) is 1. The molecular weight excluding hydrogens is 620 g/mol. The van der Waals surface area contributed by atoms with E-state index in [1.54, 1.807) is 0 Å². The molecule has 0 radical (unpaired) electrons. The number of allylic oxidation sites excluding steroid dienone is 1. The zero-order chi connectivity index (χ0) is 36.3. The van der Waals surface area contributed by atoms with Crippen molar-refractivity contribution in [3.63, 3.8) is 0 Å². The predicted molar refractivity (Wildman–Crippen MR) is 190 cm³/mol. The third-order valence-electron chi connectivity index (χ3n) is 15.2. The highest BCUT2D eigenvalue weighted by Gasteiger charge is 2.72. The van der Waals surface area contributed by atoms with Gasteiger partial charge < -0.3 is 24.2 Å². The normalized spacial score (nSPS) is 42.1. The molecule has 0 aromatic carbocycles. The molecule has 5 rings (SSSR count). The van der Waals surface area contributed by atoms with Crippen LogP contribution in [0, 0.1) is 56.7 Å². The van der Waals surface area contributed by atoms with Crippen LogP contribution in [-0.2, 0) is 28.6 Å². The van der Waals surface area contributed by atoms with Crippen molar-refractivity contribution in [2.45, 2.75) is 113 Å². The van der Waals surface area contributed by atoms with Gasteiger partial charge in [-0.3, -0.25) is 19.3 Å². The number of ether oxygens (including phenoxy) is 3. The van der Waals surface area contributed by atoms with E-state index in [4.69, 9.17) is 14.2 Å². The Balaban J connectivity index is 1.49. The van der Waals surface area contributed by atoms with E-state index in [0.29, 0.717) is 32.0 Å². The van der Waals surface area contributed by atoms with Crippen molar-refractivity contribution in [2.75, 3.05) is 54.0 Å². The minimum absolute atomic E-state index is 0.173. The Morgan fingerprint density at radius 3 is 2.29 bits per heavy atom. The molecule has 1 saturated heterocycles. The molecule has 4 fully saturated rings. The molecule has 11 atom stereocenters. The molecule has 1 aliphatic heterocycles. The minimum atomic E-state index is -0.665. The first kappa shape index (κ1) is 38.3. The summed E-state index contributed by atoms with van der Waals surface area (Å²) in [5, 5.41) is 11.0. The highest BCUT2D eigenvalue weighted by atomic mass is 16.6. The number of carboxylic acids is 1. The van der Waals surface area contributed by atoms with E-state index < -0.39 is 34.9 Å². The van der Waals surface area contributed by atoms with Gasteiger partial charge in [-0.1, -0.05) is 60.1 Å². The van der Waals surface area contributed by atoms with Crippen molar-refractivity contribution in [3.05, 3.63) is 11.6 Å². The van der Waals surface area contributed by atoms with Gasteiger partial charge in [0.2, 0.25) is 0 Å². The summed E-state index contributed by atoms with van der Waals surface area (Å²) in [4.78, 5) is 43.6. The van der Waals surface area contributed by atoms with Crippen molar-refractivity contribution < 1.29 is 33.7 Å². The van der Waals surface area contributed by atoms with Crippen molar-refractivity contribution in [1.82, 2.24) is 9.80 Å². The van der Waals surface area contributed by atoms with E-state index in [9.17, 15) is 19.5 Å². The van der Waals surface area contributed by atoms with Gasteiger partial charge in [-0.05, 0) is 119 Å². The molecule has 1 heterocycles. The summed E-state index contributed by atoms with van der Waals surface area (Å²) in [5.74, 6) is -0.719. The first-order valence-corrected chi connectivity index (χ1v) is 19.0. The van der Waals surface area contributed by atoms with Crippen molar-refractivity contribution in [3.8, 4) is 0 Å². The minimum Gasteiger partial charge on any atom is -0.481 e. The number of aliphatic carboxylic acids is 1. The fourth-order valence-corrected chi connectivity index (χ4v) is 12.2. The highest BCUT2D eigenvalue weighted by Crippen LogP contribution is 2.75. The van der Waals surface area contributed by atoms with Crippen molar-refractivity contribution >= 4 is 17.9 Å². The average molecular weight is 687 g/mol. The topological polar surface area (TPSA) is 106 Å². The van der Waals surface area contributed by atoms with Crippen LogP contribution in [0.4, 0.5) is 0 Å². The average Bonchev–Trinajstić information content (AvgIpc) is 2.98. The van der Waals surface area contributed by atoms with Crippen LogP contribution in [-0.4, -0.2) is 99.0 Å². The molecule has 1 N–H and O–H groups in total. The Morgan fingerprint density at radius 1 is 0.980 bits per heavy atom. The summed E-state index contributed by atoms with van der Waals surface area (Å²) < 4.78 is 19.0. The molecule has 3 saturated carbocycles. The van der Waals surface area contributed by atoms with Crippen LogP contribution in [0.5, 0.6) is 0 Å². The summed E-state index contributed by atoms with van der Waals surface area (Å²) in [7, 11) is 6.03. The lowest BCUT2D eigenvalue weighted by Crippen LogP contribution is -2.70. The lowest BCUT2D eigenvalue weighted by Gasteiger charge is -2.71. The van der Waals surface area contributed by atoms with E-state index in [1.165, 1.54) is 12.5 Å². The molecule has 49 heavy (non-hydrogen) atoms. The van der Waals surface area contributed by atoms with Crippen LogP contribution in [0.25, 0.3) is 0 Å². The van der Waals surface area contributed by atoms with Crippen LogP contribution in [0.15, 0.2) is 11.6 Å². The largest absolute Gasteiger partial charge is 0.481 e. The first-order chi connectivity index (χ1) is 22.8. The standard InChI is InChI=1S/C40H66N2O7/c1-25(2)26(3)36(5)17-18-38(7)28-13-14-31-37(6)23-47-24-40(31,29(28)15-16-39(38,8)33(36)35(45)46)21-30(48-27(4)43)34(37)49-32(44)22-42(11)20-12-19-41(9)10/h15,25-26,28,30-31,33-34H,12-14,16-24H2,1-11H3,(H,45,46)/t26-,28+,30-,31+,33-,34+,36-,37-,38-,39+,40+/m1/s1. The lowest BCUT2D eigenvalue weighted by molar-refractivity contribution is -0.263. The molecule has 4 aliphatic carbocycles. The van der Waals surface area contributed by atoms with Crippen LogP contribution >= 0.6 is 0 Å². The SMILES string of the molecule is CC(=O)O[C@@H]1C[C@@]23COC[C@](C)([C@@H]2CC[C@H]2C3=CC[C@@]3(C)[C@H](C(=O)O)[C@@](C)([C@H](C)C(C)C)CC[C@]23C)[C@H]1OC(=O)CN(C)CCCN(C)C. The number of fused-ring (bicyclic) bond motifs is 3. The van der Waals surface area contributed by atoms with Gasteiger partial charge in [0.1, 0.15) is 12.2 Å². The number of carbonyl (C=O) groups is 3. The van der Waals surface area contributed by atoms with Crippen molar-refractivity contribution in [1.29, 1.82) is 0 Å². The second-order valence-electron chi connectivity index (χ2n) is 18.5. The zero-order valence-electron chi connectivity index (χ0n) is 32.4. The maximum absolute atomic E-state index is 13.5. The summed E-state index contributed by atoms with van der Waals surface area (Å²) in [6.45, 7) is 20.1. The Bertz CT molecular complexity index is 1320. The fourth-order valence-electron chi connectivity index (χ4n) is 12.2. The molecule has 0 unspecified atom stereocenters. The Kier molecular flexibility index (Phi) is 10.6. The quantitative estimate of drug-likeness (QED) is 0.198. The number of nitrogens with zero attached hydrogens (tertiary/aromatic N) is 2. The maximum Gasteiger partial charge on any atom is 0.320 e. The second kappa shape index (κ2) is 13.5. The summed E-state index contributed by atoms with van der Waals surface area (Å²) in [6.07, 6.45) is 7.19. The molecule has 5 aliphatic rings. The van der Waals surface area contributed by atoms with E-state index in [2.05, 4.69) is 59.4 Å². The van der Waals surface area contributed by atoms with Crippen LogP contribution in [0.2, 0.25) is 0 Å². The maximum atomic E-state index is 13.5. The third-order valence-corrected chi connectivity index (χ3v) is 15.2. The molecule has 2 bridgehead atoms. The molecule has 0 spiro atoms. The molecule has 0 amide bonds. The first-order valence-electron chi connectivity index (χ1n) is 19.0. The van der Waals surface area contributed by atoms with Gasteiger partial charge in [0.05, 0.1) is 25.7 Å². The van der Waals surface area contributed by atoms with Gasteiger partial charge in [-0.15, -0.1) is 0 Å². The number of esters is 2. The molecule has 0 aromatic heterocycles. The van der Waals surface area contributed by atoms with Crippen LogP contribution in [0.3, 0.4) is 0 Å². The highest BCUT2D eigenvalue weighted by molar-refractivity contribution is 5.73. The molecule has 278 valence electrons. The summed E-state index contributed by atoms with van der Waals surface area (Å²) in [5.41, 5.74) is -0.443. The lowest BCUT2D eigenvalue weighted by atomic mass is 9.34. The number of rotatable bonds is 11. The smallest absolute Gasteiger partial charge is 0.320 e. The van der Waals surface area contributed by atoms with Crippen LogP contribution in [0.1, 0.15) is 100 Å². The fraction of sp³-hybridized carbons (Fsp3) is 0.875. The predicted octanol–water partition coefficient (Wildman–Crippen LogP) is 6.30. The van der Waals surface area contributed by atoms with Gasteiger partial charge in [0.25, 0.3) is 0 Å². The number of hydrogen-bond acceptors (Lipinski definition) is 8. The van der Waals surface area contributed by atoms with Crippen LogP contribution < -0.4 is 0 Å². The van der Waals surface area contributed by atoms with E-state index in [0.717, 1.165) is 45.2 Å². The van der Waals surface area contributed by atoms with E-state index in [-0.39, 0.29) is 52.5 Å². The summed E-state index contributed by atoms with van der Waals surface area (Å²) >= 11 is 0. The Labute approximate surface area is 295 Å². The summed E-state index contributed by atoms with van der Waals surface area (Å²) in [6, 6.07) is 0.